The molecule has 5 heteroatoms. The number of hydrogen-bond acceptors (Lipinski definition) is 4. The molecule has 96 valence electrons. The predicted molar refractivity (Wildman–Crippen MR) is 73.7 cm³/mol. The molecule has 0 aliphatic carbocycles. The molecule has 1 saturated heterocycles. The van der Waals surface area contributed by atoms with Crippen molar-refractivity contribution >= 4 is 22.9 Å². The van der Waals surface area contributed by atoms with Gasteiger partial charge in [0.25, 0.3) is 0 Å². The van der Waals surface area contributed by atoms with Crippen LogP contribution in [0.4, 0.5) is 0 Å². The topological polar surface area (TPSA) is 28.2 Å². The van der Waals surface area contributed by atoms with E-state index in [1.54, 1.807) is 17.5 Å². The highest BCUT2D eigenvalue weighted by Crippen LogP contribution is 2.22. The molecule has 0 bridgehead atoms. The second-order valence-corrected chi connectivity index (χ2v) is 6.31. The Hall–Kier alpha value is -0.160. The molecular weight excluding hydrogens is 254 g/mol. The Morgan fingerprint density at radius 2 is 2.35 bits per heavy atom. The van der Waals surface area contributed by atoms with Gasteiger partial charge in [-0.05, 0) is 12.8 Å². The molecule has 0 spiro atoms. The minimum Gasteiger partial charge on any atom is -0.311 e. The fraction of sp³-hybridized carbons (Fsp3) is 0.750. The SMILES string of the molecule is CCC1CN(Cc2ncc(Cl)s2)C(CC)CN1. The van der Waals surface area contributed by atoms with Crippen LogP contribution in [0.3, 0.4) is 0 Å². The van der Waals surface area contributed by atoms with Crippen LogP contribution in [0.5, 0.6) is 0 Å². The summed E-state index contributed by atoms with van der Waals surface area (Å²) in [6, 6.07) is 1.24. The lowest BCUT2D eigenvalue weighted by molar-refractivity contribution is 0.117. The second-order valence-electron chi connectivity index (χ2n) is 4.56. The van der Waals surface area contributed by atoms with E-state index in [2.05, 4.69) is 29.0 Å². The zero-order chi connectivity index (χ0) is 12.3. The molecule has 2 rings (SSSR count). The van der Waals surface area contributed by atoms with E-state index in [0.29, 0.717) is 12.1 Å². The van der Waals surface area contributed by atoms with Crippen molar-refractivity contribution in [1.82, 2.24) is 15.2 Å². The van der Waals surface area contributed by atoms with Gasteiger partial charge in [-0.2, -0.15) is 0 Å². The van der Waals surface area contributed by atoms with Gasteiger partial charge in [-0.25, -0.2) is 4.98 Å². The summed E-state index contributed by atoms with van der Waals surface area (Å²) in [5.74, 6) is 0. The van der Waals surface area contributed by atoms with Crippen LogP contribution in [0.1, 0.15) is 31.7 Å². The molecule has 1 N–H and O–H groups in total. The van der Waals surface area contributed by atoms with Crippen LogP contribution in [-0.4, -0.2) is 35.1 Å². The van der Waals surface area contributed by atoms with E-state index in [-0.39, 0.29) is 0 Å². The lowest BCUT2D eigenvalue weighted by atomic mass is 10.1. The van der Waals surface area contributed by atoms with Crippen LogP contribution < -0.4 is 5.32 Å². The van der Waals surface area contributed by atoms with Crippen molar-refractivity contribution in [1.29, 1.82) is 0 Å². The number of nitrogens with zero attached hydrogens (tertiary/aromatic N) is 2. The lowest BCUT2D eigenvalue weighted by Crippen LogP contribution is -2.55. The molecule has 17 heavy (non-hydrogen) atoms. The number of rotatable bonds is 4. The van der Waals surface area contributed by atoms with Gasteiger partial charge in [0.05, 0.1) is 12.7 Å². The molecule has 0 saturated carbocycles. The molecule has 0 radical (unpaired) electrons. The zero-order valence-electron chi connectivity index (χ0n) is 10.4. The summed E-state index contributed by atoms with van der Waals surface area (Å²) in [7, 11) is 0. The molecule has 1 aliphatic heterocycles. The predicted octanol–water partition coefficient (Wildman–Crippen LogP) is 2.76. The lowest BCUT2D eigenvalue weighted by Gasteiger charge is -2.39. The largest absolute Gasteiger partial charge is 0.311 e. The fourth-order valence-electron chi connectivity index (χ4n) is 2.33. The van der Waals surface area contributed by atoms with Gasteiger partial charge in [0.15, 0.2) is 0 Å². The average Bonchev–Trinajstić information content (AvgIpc) is 2.74. The first kappa shape index (κ1) is 13.3. The summed E-state index contributed by atoms with van der Waals surface area (Å²) in [6.07, 6.45) is 4.12. The molecular formula is C12H20ClN3S. The van der Waals surface area contributed by atoms with Crippen molar-refractivity contribution in [3.8, 4) is 0 Å². The van der Waals surface area contributed by atoms with Crippen molar-refractivity contribution in [3.63, 3.8) is 0 Å². The van der Waals surface area contributed by atoms with E-state index in [1.807, 2.05) is 0 Å². The standard InChI is InChI=1S/C12H20ClN3S/c1-3-9-7-16(10(4-2)5-14-9)8-12-15-6-11(13)17-12/h6,9-10,14H,3-5,7-8H2,1-2H3. The Balaban J connectivity index is 2.00. The van der Waals surface area contributed by atoms with Crippen LogP contribution in [0.15, 0.2) is 6.20 Å². The van der Waals surface area contributed by atoms with Crippen LogP contribution in [0.25, 0.3) is 0 Å². The van der Waals surface area contributed by atoms with Gasteiger partial charge >= 0.3 is 0 Å². The van der Waals surface area contributed by atoms with Gasteiger partial charge in [0, 0.05) is 25.2 Å². The zero-order valence-corrected chi connectivity index (χ0v) is 12.0. The maximum absolute atomic E-state index is 5.93. The molecule has 2 heterocycles. The number of thiazole rings is 1. The van der Waals surface area contributed by atoms with Crippen LogP contribution in [-0.2, 0) is 6.54 Å². The number of halogens is 1. The Morgan fingerprint density at radius 1 is 1.53 bits per heavy atom. The molecule has 2 unspecified atom stereocenters. The van der Waals surface area contributed by atoms with E-state index >= 15 is 0 Å². The quantitative estimate of drug-likeness (QED) is 0.914. The number of aromatic nitrogens is 1. The molecule has 1 fully saturated rings. The Bertz CT molecular complexity index is 355. The van der Waals surface area contributed by atoms with Crippen molar-refractivity contribution in [2.24, 2.45) is 0 Å². The third kappa shape index (κ3) is 3.41. The molecule has 1 aromatic rings. The number of nitrogens with one attached hydrogen (secondary N) is 1. The van der Waals surface area contributed by atoms with Gasteiger partial charge in [-0.15, -0.1) is 11.3 Å². The Kier molecular flexibility index (Phi) is 4.79. The molecule has 3 nitrogen and oxygen atoms in total. The highest BCUT2D eigenvalue weighted by atomic mass is 35.5. The van der Waals surface area contributed by atoms with Gasteiger partial charge in [-0.3, -0.25) is 4.90 Å². The third-order valence-electron chi connectivity index (χ3n) is 3.44. The van der Waals surface area contributed by atoms with Gasteiger partial charge in [-0.1, -0.05) is 25.4 Å². The van der Waals surface area contributed by atoms with Crippen molar-refractivity contribution in [2.75, 3.05) is 13.1 Å². The van der Waals surface area contributed by atoms with Crippen molar-refractivity contribution in [3.05, 3.63) is 15.5 Å². The Morgan fingerprint density at radius 3 is 2.94 bits per heavy atom. The van der Waals surface area contributed by atoms with E-state index in [0.717, 1.165) is 29.0 Å². The minimum atomic E-state index is 0.619. The summed E-state index contributed by atoms with van der Waals surface area (Å²) in [5, 5.41) is 4.74. The molecule has 1 aliphatic rings. The average molecular weight is 274 g/mol. The maximum atomic E-state index is 5.93. The summed E-state index contributed by atoms with van der Waals surface area (Å²) in [5.41, 5.74) is 0. The van der Waals surface area contributed by atoms with Gasteiger partial charge in [0.1, 0.15) is 9.34 Å². The molecule has 0 amide bonds. The first-order valence-electron chi connectivity index (χ1n) is 6.30. The minimum absolute atomic E-state index is 0.619. The summed E-state index contributed by atoms with van der Waals surface area (Å²) < 4.78 is 0.787. The van der Waals surface area contributed by atoms with Gasteiger partial charge in [0.2, 0.25) is 0 Å². The first-order chi connectivity index (χ1) is 8.22. The summed E-state index contributed by atoms with van der Waals surface area (Å²) >= 11 is 7.52. The highest BCUT2D eigenvalue weighted by molar-refractivity contribution is 7.15. The molecule has 1 aromatic heterocycles. The van der Waals surface area contributed by atoms with Crippen molar-refractivity contribution < 1.29 is 0 Å². The highest BCUT2D eigenvalue weighted by Gasteiger charge is 2.26. The van der Waals surface area contributed by atoms with E-state index in [1.165, 1.54) is 12.8 Å². The molecule has 2 atom stereocenters. The van der Waals surface area contributed by atoms with E-state index in [4.69, 9.17) is 11.6 Å². The van der Waals surface area contributed by atoms with Gasteiger partial charge < -0.3 is 5.32 Å². The fourth-order valence-corrected chi connectivity index (χ4v) is 3.32. The second kappa shape index (κ2) is 6.14. The van der Waals surface area contributed by atoms with E-state index < -0.39 is 0 Å². The summed E-state index contributed by atoms with van der Waals surface area (Å²) in [4.78, 5) is 6.90. The Labute approximate surface area is 112 Å². The first-order valence-corrected chi connectivity index (χ1v) is 7.50. The molecule has 0 aromatic carbocycles. The summed E-state index contributed by atoms with van der Waals surface area (Å²) in [6.45, 7) is 7.64. The smallest absolute Gasteiger partial charge is 0.113 e. The van der Waals surface area contributed by atoms with Crippen molar-refractivity contribution in [2.45, 2.75) is 45.3 Å². The number of piperazine rings is 1. The normalized spacial score (nSPS) is 26.3. The van der Waals surface area contributed by atoms with Crippen LogP contribution >= 0.6 is 22.9 Å². The monoisotopic (exact) mass is 273 g/mol. The number of hydrogen-bond donors (Lipinski definition) is 1. The third-order valence-corrected chi connectivity index (χ3v) is 4.54. The van der Waals surface area contributed by atoms with Crippen LogP contribution in [0.2, 0.25) is 4.34 Å². The van der Waals surface area contributed by atoms with Crippen LogP contribution in [0, 0.1) is 0 Å². The van der Waals surface area contributed by atoms with E-state index in [9.17, 15) is 0 Å². The maximum Gasteiger partial charge on any atom is 0.113 e.